The van der Waals surface area contributed by atoms with Crippen LogP contribution in [-0.2, 0) is 11.3 Å². The zero-order valence-corrected chi connectivity index (χ0v) is 17.5. The van der Waals surface area contributed by atoms with Crippen LogP contribution < -0.4 is 4.90 Å². The summed E-state index contributed by atoms with van der Waals surface area (Å²) in [4.78, 5) is 33.4. The number of anilines is 1. The molecule has 3 heterocycles. The number of carboxylic acid groups (broad SMARTS) is 1. The van der Waals surface area contributed by atoms with Gasteiger partial charge < -0.3 is 10.0 Å². The SMILES string of the molecule is CC(=O)c1cc(-c2ncc(F)c(N3CC(C)C(C(=O)O)C3)n2)nn1Cc1ccccc1F. The lowest BCUT2D eigenvalue weighted by Crippen LogP contribution is -2.25. The summed E-state index contributed by atoms with van der Waals surface area (Å²) < 4.78 is 30.0. The van der Waals surface area contributed by atoms with Crippen molar-refractivity contribution in [2.75, 3.05) is 18.0 Å². The third-order valence-electron chi connectivity index (χ3n) is 5.60. The van der Waals surface area contributed by atoms with Crippen LogP contribution in [0.5, 0.6) is 0 Å². The summed E-state index contributed by atoms with van der Waals surface area (Å²) in [5, 5.41) is 13.7. The van der Waals surface area contributed by atoms with Gasteiger partial charge in [0.25, 0.3) is 0 Å². The normalized spacial score (nSPS) is 18.2. The fourth-order valence-corrected chi connectivity index (χ4v) is 3.88. The van der Waals surface area contributed by atoms with E-state index in [0.717, 1.165) is 6.20 Å². The van der Waals surface area contributed by atoms with Gasteiger partial charge in [0.15, 0.2) is 23.2 Å². The molecule has 1 N–H and O–H groups in total. The second-order valence-corrected chi connectivity index (χ2v) is 7.91. The number of aromatic nitrogens is 4. The number of hydrogen-bond donors (Lipinski definition) is 1. The molecule has 1 aromatic carbocycles. The Morgan fingerprint density at radius 2 is 1.94 bits per heavy atom. The summed E-state index contributed by atoms with van der Waals surface area (Å²) in [6.45, 7) is 3.66. The fraction of sp³-hybridized carbons (Fsp3) is 0.318. The zero-order valence-electron chi connectivity index (χ0n) is 17.5. The molecule has 1 saturated heterocycles. The molecule has 2 unspecified atom stereocenters. The number of carbonyl (C=O) groups is 2. The molecule has 0 amide bonds. The smallest absolute Gasteiger partial charge is 0.308 e. The molecule has 2 aromatic heterocycles. The van der Waals surface area contributed by atoms with Crippen molar-refractivity contribution in [2.45, 2.75) is 20.4 Å². The quantitative estimate of drug-likeness (QED) is 0.587. The Labute approximate surface area is 182 Å². The third-order valence-corrected chi connectivity index (χ3v) is 5.60. The molecule has 0 spiro atoms. The minimum atomic E-state index is -0.937. The first-order valence-electron chi connectivity index (χ1n) is 10.1. The molecule has 0 bridgehead atoms. The van der Waals surface area contributed by atoms with Crippen molar-refractivity contribution in [3.05, 3.63) is 59.4 Å². The Morgan fingerprint density at radius 3 is 2.59 bits per heavy atom. The first kappa shape index (κ1) is 21.5. The van der Waals surface area contributed by atoms with E-state index in [9.17, 15) is 23.5 Å². The minimum absolute atomic E-state index is 0.0152. The van der Waals surface area contributed by atoms with Gasteiger partial charge >= 0.3 is 5.97 Å². The van der Waals surface area contributed by atoms with Crippen LogP contribution in [0.1, 0.15) is 29.9 Å². The molecule has 0 radical (unpaired) electrons. The van der Waals surface area contributed by atoms with Crippen LogP contribution in [0.2, 0.25) is 0 Å². The van der Waals surface area contributed by atoms with E-state index in [1.165, 1.54) is 23.7 Å². The van der Waals surface area contributed by atoms with Gasteiger partial charge in [0.2, 0.25) is 0 Å². The number of carboxylic acids is 1. The molecule has 166 valence electrons. The average molecular weight is 441 g/mol. The van der Waals surface area contributed by atoms with Crippen LogP contribution in [0.3, 0.4) is 0 Å². The number of Topliss-reactive ketones (excluding diaryl/α,β-unsaturated/α-hetero) is 1. The molecule has 10 heteroatoms. The van der Waals surface area contributed by atoms with Gasteiger partial charge in [-0.25, -0.2) is 18.7 Å². The molecule has 0 saturated carbocycles. The molecule has 1 fully saturated rings. The Morgan fingerprint density at radius 1 is 1.19 bits per heavy atom. The number of hydrogen-bond acceptors (Lipinski definition) is 6. The molecule has 2 atom stereocenters. The predicted molar refractivity (Wildman–Crippen MR) is 111 cm³/mol. The van der Waals surface area contributed by atoms with E-state index >= 15 is 0 Å². The highest BCUT2D eigenvalue weighted by molar-refractivity contribution is 5.93. The Hall–Kier alpha value is -3.69. The van der Waals surface area contributed by atoms with Gasteiger partial charge in [0.05, 0.1) is 18.7 Å². The number of halogens is 2. The Balaban J connectivity index is 1.68. The van der Waals surface area contributed by atoms with Crippen LogP contribution in [0.25, 0.3) is 11.5 Å². The molecule has 32 heavy (non-hydrogen) atoms. The third kappa shape index (κ3) is 4.08. The van der Waals surface area contributed by atoms with E-state index < -0.39 is 23.5 Å². The second-order valence-electron chi connectivity index (χ2n) is 7.91. The molecule has 1 aliphatic heterocycles. The Bertz CT molecular complexity index is 1200. The molecule has 3 aromatic rings. The summed E-state index contributed by atoms with van der Waals surface area (Å²) in [6.07, 6.45) is 1.000. The topological polar surface area (TPSA) is 101 Å². The highest BCUT2D eigenvalue weighted by atomic mass is 19.1. The number of ketones is 1. The summed E-state index contributed by atoms with van der Waals surface area (Å²) in [7, 11) is 0. The largest absolute Gasteiger partial charge is 0.481 e. The van der Waals surface area contributed by atoms with Gasteiger partial charge in [-0.2, -0.15) is 5.10 Å². The first-order valence-corrected chi connectivity index (χ1v) is 10.1. The van der Waals surface area contributed by atoms with Crippen LogP contribution in [0.4, 0.5) is 14.6 Å². The number of rotatable bonds is 6. The highest BCUT2D eigenvalue weighted by Crippen LogP contribution is 2.30. The van der Waals surface area contributed by atoms with E-state index in [2.05, 4.69) is 15.1 Å². The maximum atomic E-state index is 14.5. The highest BCUT2D eigenvalue weighted by Gasteiger charge is 2.36. The van der Waals surface area contributed by atoms with Crippen molar-refractivity contribution in [1.29, 1.82) is 0 Å². The van der Waals surface area contributed by atoms with Crippen molar-refractivity contribution < 1.29 is 23.5 Å². The van der Waals surface area contributed by atoms with Gasteiger partial charge in [0, 0.05) is 25.6 Å². The Kier molecular flexibility index (Phi) is 5.68. The van der Waals surface area contributed by atoms with Gasteiger partial charge in [-0.1, -0.05) is 25.1 Å². The molecule has 4 rings (SSSR count). The standard InChI is InChI=1S/C22H21F2N5O3/c1-12-9-28(11-15(12)22(31)32)21-17(24)8-25-20(26-21)18-7-19(13(2)30)29(27-18)10-14-5-3-4-6-16(14)23/h3-8,12,15H,9-11H2,1-2H3,(H,31,32). The lowest BCUT2D eigenvalue weighted by atomic mass is 9.99. The van der Waals surface area contributed by atoms with Crippen molar-refractivity contribution >= 4 is 17.6 Å². The van der Waals surface area contributed by atoms with E-state index in [4.69, 9.17) is 0 Å². The molecule has 8 nitrogen and oxygen atoms in total. The van der Waals surface area contributed by atoms with Crippen molar-refractivity contribution in [2.24, 2.45) is 11.8 Å². The van der Waals surface area contributed by atoms with Gasteiger partial charge in [-0.05, 0) is 18.1 Å². The number of benzene rings is 1. The lowest BCUT2D eigenvalue weighted by Gasteiger charge is -2.17. The van der Waals surface area contributed by atoms with Crippen LogP contribution in [0.15, 0.2) is 36.5 Å². The fourth-order valence-electron chi connectivity index (χ4n) is 3.88. The lowest BCUT2D eigenvalue weighted by molar-refractivity contribution is -0.142. The van der Waals surface area contributed by atoms with Crippen molar-refractivity contribution in [3.8, 4) is 11.5 Å². The maximum absolute atomic E-state index is 14.5. The van der Waals surface area contributed by atoms with Crippen LogP contribution in [-0.4, -0.2) is 49.7 Å². The predicted octanol–water partition coefficient (Wildman–Crippen LogP) is 3.03. The van der Waals surface area contributed by atoms with Crippen LogP contribution >= 0.6 is 0 Å². The summed E-state index contributed by atoms with van der Waals surface area (Å²) in [5.74, 6) is -3.04. The summed E-state index contributed by atoms with van der Waals surface area (Å²) in [6, 6.07) is 7.66. The van der Waals surface area contributed by atoms with E-state index in [1.807, 2.05) is 0 Å². The molecular formula is C22H21F2N5O3. The zero-order chi connectivity index (χ0) is 23.0. The number of aliphatic carboxylic acids is 1. The number of carbonyl (C=O) groups excluding carboxylic acids is 1. The molecule has 1 aliphatic rings. The minimum Gasteiger partial charge on any atom is -0.481 e. The number of nitrogens with zero attached hydrogens (tertiary/aromatic N) is 5. The van der Waals surface area contributed by atoms with E-state index in [-0.39, 0.29) is 47.8 Å². The van der Waals surface area contributed by atoms with Gasteiger partial charge in [-0.15, -0.1) is 0 Å². The molecular weight excluding hydrogens is 420 g/mol. The van der Waals surface area contributed by atoms with E-state index in [0.29, 0.717) is 12.1 Å². The monoisotopic (exact) mass is 441 g/mol. The van der Waals surface area contributed by atoms with Gasteiger partial charge in [0.1, 0.15) is 17.2 Å². The van der Waals surface area contributed by atoms with Crippen molar-refractivity contribution in [1.82, 2.24) is 19.7 Å². The van der Waals surface area contributed by atoms with Gasteiger partial charge in [-0.3, -0.25) is 14.3 Å². The average Bonchev–Trinajstić information content (AvgIpc) is 3.34. The second kappa shape index (κ2) is 8.45. The summed E-state index contributed by atoms with van der Waals surface area (Å²) >= 11 is 0. The summed E-state index contributed by atoms with van der Waals surface area (Å²) in [5.41, 5.74) is 0.824. The molecule has 0 aliphatic carbocycles. The maximum Gasteiger partial charge on any atom is 0.308 e. The van der Waals surface area contributed by atoms with E-state index in [1.54, 1.807) is 30.0 Å². The van der Waals surface area contributed by atoms with Crippen molar-refractivity contribution in [3.63, 3.8) is 0 Å². The van der Waals surface area contributed by atoms with Crippen LogP contribution in [0, 0.1) is 23.5 Å². The first-order chi connectivity index (χ1) is 15.2.